The Morgan fingerprint density at radius 3 is 2.04 bits per heavy atom. The van der Waals surface area contributed by atoms with E-state index >= 15 is 0 Å². The van der Waals surface area contributed by atoms with Gasteiger partial charge in [0.1, 0.15) is 0 Å². The SMILES string of the molecule is C[C@H]1C[C@H](C)CN(C(=O)/C(=C/c2ccccc2)c2ccccc2)C1. The van der Waals surface area contributed by atoms with E-state index in [0.717, 1.165) is 29.8 Å². The van der Waals surface area contributed by atoms with Gasteiger partial charge in [0.2, 0.25) is 0 Å². The van der Waals surface area contributed by atoms with Crippen molar-refractivity contribution >= 4 is 17.6 Å². The van der Waals surface area contributed by atoms with Crippen LogP contribution in [0.1, 0.15) is 31.4 Å². The van der Waals surface area contributed by atoms with Gasteiger partial charge in [-0.2, -0.15) is 0 Å². The van der Waals surface area contributed by atoms with Crippen LogP contribution < -0.4 is 0 Å². The maximum atomic E-state index is 13.3. The quantitative estimate of drug-likeness (QED) is 0.591. The third-order valence-electron chi connectivity index (χ3n) is 4.58. The molecule has 2 atom stereocenters. The molecule has 0 aromatic heterocycles. The van der Waals surface area contributed by atoms with Gasteiger partial charge in [-0.25, -0.2) is 0 Å². The molecule has 1 amide bonds. The molecular weight excluding hydrogens is 294 g/mol. The molecule has 2 heteroatoms. The standard InChI is InChI=1S/C22H25NO/c1-17-13-18(2)16-23(15-17)22(24)21(20-11-7-4-8-12-20)14-19-9-5-3-6-10-19/h3-12,14,17-18H,13,15-16H2,1-2H3/b21-14+/t17-,18-/m0/s1. The van der Waals surface area contributed by atoms with E-state index in [1.54, 1.807) is 0 Å². The predicted molar refractivity (Wildman–Crippen MR) is 100 cm³/mol. The third-order valence-corrected chi connectivity index (χ3v) is 4.58. The minimum Gasteiger partial charge on any atom is -0.338 e. The fraction of sp³-hybridized carbons (Fsp3) is 0.318. The van der Waals surface area contributed by atoms with Gasteiger partial charge in [-0.1, -0.05) is 74.5 Å². The number of amides is 1. The smallest absolute Gasteiger partial charge is 0.254 e. The number of piperidine rings is 1. The third kappa shape index (κ3) is 3.94. The van der Waals surface area contributed by atoms with Gasteiger partial charge in [0, 0.05) is 18.7 Å². The summed E-state index contributed by atoms with van der Waals surface area (Å²) in [6, 6.07) is 20.1. The maximum absolute atomic E-state index is 13.3. The summed E-state index contributed by atoms with van der Waals surface area (Å²) in [4.78, 5) is 15.3. The van der Waals surface area contributed by atoms with Crippen molar-refractivity contribution in [3.8, 4) is 0 Å². The van der Waals surface area contributed by atoms with Crippen molar-refractivity contribution < 1.29 is 4.79 Å². The number of carbonyl (C=O) groups is 1. The molecule has 1 heterocycles. The van der Waals surface area contributed by atoms with E-state index < -0.39 is 0 Å². The molecule has 24 heavy (non-hydrogen) atoms. The monoisotopic (exact) mass is 319 g/mol. The Hall–Kier alpha value is -2.35. The lowest BCUT2D eigenvalue weighted by atomic mass is 9.90. The first kappa shape index (κ1) is 16.5. The van der Waals surface area contributed by atoms with Gasteiger partial charge in [-0.05, 0) is 35.5 Å². The van der Waals surface area contributed by atoms with Gasteiger partial charge in [0.05, 0.1) is 0 Å². The second kappa shape index (κ2) is 7.48. The second-order valence-electron chi connectivity index (χ2n) is 6.99. The Morgan fingerprint density at radius 2 is 1.46 bits per heavy atom. The minimum atomic E-state index is 0.142. The fourth-order valence-electron chi connectivity index (χ4n) is 3.60. The molecule has 124 valence electrons. The number of nitrogens with zero attached hydrogens (tertiary/aromatic N) is 1. The second-order valence-corrected chi connectivity index (χ2v) is 6.99. The van der Waals surface area contributed by atoms with Gasteiger partial charge < -0.3 is 4.90 Å². The summed E-state index contributed by atoms with van der Waals surface area (Å²) >= 11 is 0. The summed E-state index contributed by atoms with van der Waals surface area (Å²) in [7, 11) is 0. The van der Waals surface area contributed by atoms with Gasteiger partial charge >= 0.3 is 0 Å². The van der Waals surface area contributed by atoms with E-state index in [0.29, 0.717) is 11.8 Å². The molecule has 0 radical (unpaired) electrons. The molecule has 1 fully saturated rings. The molecule has 3 rings (SSSR count). The van der Waals surface area contributed by atoms with Crippen LogP contribution >= 0.6 is 0 Å². The average molecular weight is 319 g/mol. The van der Waals surface area contributed by atoms with Crippen molar-refractivity contribution in [2.24, 2.45) is 11.8 Å². The zero-order valence-corrected chi connectivity index (χ0v) is 14.5. The highest BCUT2D eigenvalue weighted by molar-refractivity contribution is 6.24. The van der Waals surface area contributed by atoms with E-state index in [2.05, 4.69) is 13.8 Å². The van der Waals surface area contributed by atoms with E-state index in [9.17, 15) is 4.79 Å². The van der Waals surface area contributed by atoms with Gasteiger partial charge in [-0.15, -0.1) is 0 Å². The fourth-order valence-corrected chi connectivity index (χ4v) is 3.60. The molecule has 2 aromatic rings. The zero-order valence-electron chi connectivity index (χ0n) is 14.5. The first-order valence-electron chi connectivity index (χ1n) is 8.75. The Balaban J connectivity index is 1.96. The number of rotatable bonds is 3. The lowest BCUT2D eigenvalue weighted by Gasteiger charge is -2.35. The Bertz CT molecular complexity index is 695. The zero-order chi connectivity index (χ0) is 16.9. The highest BCUT2D eigenvalue weighted by Crippen LogP contribution is 2.26. The summed E-state index contributed by atoms with van der Waals surface area (Å²) in [5, 5.41) is 0. The van der Waals surface area contributed by atoms with E-state index in [-0.39, 0.29) is 5.91 Å². The van der Waals surface area contributed by atoms with Gasteiger partial charge in [0.15, 0.2) is 0 Å². The summed E-state index contributed by atoms with van der Waals surface area (Å²) in [6.07, 6.45) is 3.22. The van der Waals surface area contributed by atoms with Crippen molar-refractivity contribution in [1.29, 1.82) is 0 Å². The van der Waals surface area contributed by atoms with Crippen LogP contribution in [-0.2, 0) is 4.79 Å². The van der Waals surface area contributed by atoms with E-state index in [4.69, 9.17) is 0 Å². The summed E-state index contributed by atoms with van der Waals surface area (Å²) < 4.78 is 0. The topological polar surface area (TPSA) is 20.3 Å². The highest BCUT2D eigenvalue weighted by atomic mass is 16.2. The molecule has 0 unspecified atom stereocenters. The predicted octanol–water partition coefficient (Wildman–Crippen LogP) is 4.73. The average Bonchev–Trinajstić information content (AvgIpc) is 2.60. The molecule has 1 aliphatic rings. The van der Waals surface area contributed by atoms with Crippen molar-refractivity contribution in [1.82, 2.24) is 4.90 Å². The first-order chi connectivity index (χ1) is 11.6. The van der Waals surface area contributed by atoms with Crippen LogP contribution in [0.25, 0.3) is 11.6 Å². The number of likely N-dealkylation sites (tertiary alicyclic amines) is 1. The molecule has 0 saturated carbocycles. The maximum Gasteiger partial charge on any atom is 0.254 e. The minimum absolute atomic E-state index is 0.142. The summed E-state index contributed by atoms with van der Waals surface area (Å²) in [6.45, 7) is 6.17. The molecular formula is C22H25NO. The number of hydrogen-bond donors (Lipinski definition) is 0. The van der Waals surface area contributed by atoms with E-state index in [1.165, 1.54) is 6.42 Å². The first-order valence-corrected chi connectivity index (χ1v) is 8.75. The molecule has 0 aliphatic carbocycles. The van der Waals surface area contributed by atoms with Gasteiger partial charge in [0.25, 0.3) is 5.91 Å². The molecule has 1 saturated heterocycles. The van der Waals surface area contributed by atoms with Gasteiger partial charge in [-0.3, -0.25) is 4.79 Å². The van der Waals surface area contributed by atoms with Crippen LogP contribution in [0.2, 0.25) is 0 Å². The molecule has 1 aliphatic heterocycles. The highest BCUT2D eigenvalue weighted by Gasteiger charge is 2.27. The van der Waals surface area contributed by atoms with Crippen LogP contribution in [0, 0.1) is 11.8 Å². The normalized spacial score (nSPS) is 21.6. The van der Waals surface area contributed by atoms with Crippen LogP contribution in [0.5, 0.6) is 0 Å². The number of benzene rings is 2. The molecule has 0 spiro atoms. The van der Waals surface area contributed by atoms with E-state index in [1.807, 2.05) is 71.6 Å². The lowest BCUT2D eigenvalue weighted by molar-refractivity contribution is -0.127. The molecule has 0 bridgehead atoms. The molecule has 2 aromatic carbocycles. The van der Waals surface area contributed by atoms with Crippen LogP contribution in [-0.4, -0.2) is 23.9 Å². The summed E-state index contributed by atoms with van der Waals surface area (Å²) in [5.41, 5.74) is 2.82. The Kier molecular flexibility index (Phi) is 5.14. The van der Waals surface area contributed by atoms with Crippen molar-refractivity contribution in [2.45, 2.75) is 20.3 Å². The molecule has 2 nitrogen and oxygen atoms in total. The van der Waals surface area contributed by atoms with Crippen molar-refractivity contribution in [3.05, 3.63) is 71.8 Å². The van der Waals surface area contributed by atoms with Crippen molar-refractivity contribution in [3.63, 3.8) is 0 Å². The molecule has 0 N–H and O–H groups in total. The number of carbonyl (C=O) groups excluding carboxylic acids is 1. The van der Waals surface area contributed by atoms with Crippen molar-refractivity contribution in [2.75, 3.05) is 13.1 Å². The number of hydrogen-bond acceptors (Lipinski definition) is 1. The summed E-state index contributed by atoms with van der Waals surface area (Å²) in [5.74, 6) is 1.27. The Morgan fingerprint density at radius 1 is 0.917 bits per heavy atom. The van der Waals surface area contributed by atoms with Crippen LogP contribution in [0.4, 0.5) is 0 Å². The van der Waals surface area contributed by atoms with Crippen LogP contribution in [0.3, 0.4) is 0 Å². The lowest BCUT2D eigenvalue weighted by Crippen LogP contribution is -2.42. The Labute approximate surface area is 144 Å². The largest absolute Gasteiger partial charge is 0.338 e. The van der Waals surface area contributed by atoms with Crippen LogP contribution in [0.15, 0.2) is 60.7 Å².